The number of ether oxygens (including phenoxy) is 1. The number of fused-ring (bicyclic) bond motifs is 1. The first-order valence-electron chi connectivity index (χ1n) is 11.6. The van der Waals surface area contributed by atoms with Gasteiger partial charge in [0, 0.05) is 24.9 Å². The van der Waals surface area contributed by atoms with Crippen LogP contribution in [0.5, 0.6) is 5.75 Å². The lowest BCUT2D eigenvalue weighted by atomic mass is 10.1. The average molecular weight is 548 g/mol. The highest BCUT2D eigenvalue weighted by Gasteiger charge is 2.36. The summed E-state index contributed by atoms with van der Waals surface area (Å²) >= 11 is 7.76. The summed E-state index contributed by atoms with van der Waals surface area (Å²) in [6, 6.07) is 14.6. The number of thiophene rings is 1. The molecule has 1 aromatic carbocycles. The zero-order valence-electron chi connectivity index (χ0n) is 20.2. The standard InChI is InChI=1S/C27H22ClN5O4S/c1-37-18-6-8-23(30-14-18)32-25(34)19-7-5-16(12-20(19)28)15-33-22(13-17-4-2-3-10-29-17)26(35)31-21-9-11-38-24(21)27(33)36/h2-12,14,22H,13,15H2,1H3,(H,31,35)(H,30,32,34). The van der Waals surface area contributed by atoms with Crippen LogP contribution in [0, 0.1) is 0 Å². The van der Waals surface area contributed by atoms with Crippen LogP contribution in [0.15, 0.2) is 72.4 Å². The van der Waals surface area contributed by atoms with Crippen molar-refractivity contribution in [1.82, 2.24) is 14.9 Å². The summed E-state index contributed by atoms with van der Waals surface area (Å²) in [4.78, 5) is 50.1. The van der Waals surface area contributed by atoms with Crippen molar-refractivity contribution >= 4 is 52.2 Å². The van der Waals surface area contributed by atoms with Crippen LogP contribution in [0.25, 0.3) is 0 Å². The minimum absolute atomic E-state index is 0.114. The molecule has 0 fully saturated rings. The highest BCUT2D eigenvalue weighted by molar-refractivity contribution is 7.12. The molecule has 1 atom stereocenters. The Labute approximate surface area is 227 Å². The third-order valence-corrected chi connectivity index (χ3v) is 7.25. The number of aromatic nitrogens is 2. The predicted octanol–water partition coefficient (Wildman–Crippen LogP) is 4.66. The summed E-state index contributed by atoms with van der Waals surface area (Å²) in [5.41, 5.74) is 2.10. The van der Waals surface area contributed by atoms with Gasteiger partial charge in [-0.2, -0.15) is 0 Å². The number of carbonyl (C=O) groups excluding carboxylic acids is 3. The first kappa shape index (κ1) is 25.4. The Balaban J connectivity index is 1.39. The van der Waals surface area contributed by atoms with Gasteiger partial charge in [-0.15, -0.1) is 11.3 Å². The topological polar surface area (TPSA) is 114 Å². The molecule has 192 valence electrons. The summed E-state index contributed by atoms with van der Waals surface area (Å²) in [5, 5.41) is 7.55. The molecule has 11 heteroatoms. The average Bonchev–Trinajstić information content (AvgIpc) is 3.36. The molecule has 4 aromatic rings. The molecule has 1 aliphatic rings. The Bertz CT molecular complexity index is 1490. The lowest BCUT2D eigenvalue weighted by Crippen LogP contribution is -2.46. The molecule has 0 saturated heterocycles. The summed E-state index contributed by atoms with van der Waals surface area (Å²) in [6.45, 7) is 0.114. The number of rotatable bonds is 7. The number of anilines is 2. The molecular formula is C27H22ClN5O4S. The van der Waals surface area contributed by atoms with Gasteiger partial charge in [0.15, 0.2) is 0 Å². The van der Waals surface area contributed by atoms with Crippen molar-refractivity contribution in [2.24, 2.45) is 0 Å². The number of hydrogen-bond acceptors (Lipinski definition) is 7. The Hall–Kier alpha value is -4.28. The van der Waals surface area contributed by atoms with E-state index in [1.807, 2.05) is 12.1 Å². The summed E-state index contributed by atoms with van der Waals surface area (Å²) in [7, 11) is 1.53. The second kappa shape index (κ2) is 11.0. The fraction of sp³-hybridized carbons (Fsp3) is 0.148. The molecule has 3 aromatic heterocycles. The number of carbonyl (C=O) groups is 3. The Kier molecular flexibility index (Phi) is 7.34. The van der Waals surface area contributed by atoms with E-state index >= 15 is 0 Å². The van der Waals surface area contributed by atoms with E-state index in [1.54, 1.807) is 54.0 Å². The fourth-order valence-electron chi connectivity index (χ4n) is 4.10. The summed E-state index contributed by atoms with van der Waals surface area (Å²) in [5.74, 6) is -0.0758. The van der Waals surface area contributed by atoms with Gasteiger partial charge in [-0.3, -0.25) is 19.4 Å². The van der Waals surface area contributed by atoms with Crippen LogP contribution in [0.3, 0.4) is 0 Å². The number of benzene rings is 1. The van der Waals surface area contributed by atoms with Gasteiger partial charge >= 0.3 is 0 Å². The monoisotopic (exact) mass is 547 g/mol. The van der Waals surface area contributed by atoms with Crippen LogP contribution in [0.2, 0.25) is 5.02 Å². The van der Waals surface area contributed by atoms with Gasteiger partial charge in [0.1, 0.15) is 22.5 Å². The summed E-state index contributed by atoms with van der Waals surface area (Å²) < 4.78 is 5.08. The van der Waals surface area contributed by atoms with Crippen molar-refractivity contribution in [1.29, 1.82) is 0 Å². The lowest BCUT2D eigenvalue weighted by Gasteiger charge is -2.28. The molecule has 0 radical (unpaired) electrons. The van der Waals surface area contributed by atoms with Crippen molar-refractivity contribution in [2.45, 2.75) is 19.0 Å². The lowest BCUT2D eigenvalue weighted by molar-refractivity contribution is -0.120. The molecule has 3 amide bonds. The molecule has 1 aliphatic heterocycles. The largest absolute Gasteiger partial charge is 0.495 e. The molecule has 0 saturated carbocycles. The van der Waals surface area contributed by atoms with Crippen LogP contribution >= 0.6 is 22.9 Å². The van der Waals surface area contributed by atoms with Crippen LogP contribution in [-0.2, 0) is 17.8 Å². The van der Waals surface area contributed by atoms with Crippen LogP contribution in [0.1, 0.15) is 31.3 Å². The van der Waals surface area contributed by atoms with E-state index in [0.717, 1.165) is 0 Å². The van der Waals surface area contributed by atoms with E-state index in [2.05, 4.69) is 20.6 Å². The molecule has 2 N–H and O–H groups in total. The van der Waals surface area contributed by atoms with E-state index in [1.165, 1.54) is 29.5 Å². The van der Waals surface area contributed by atoms with Gasteiger partial charge in [-0.1, -0.05) is 23.7 Å². The van der Waals surface area contributed by atoms with Crippen molar-refractivity contribution in [3.8, 4) is 5.75 Å². The number of halogens is 1. The van der Waals surface area contributed by atoms with Gasteiger partial charge in [0.05, 0.1) is 29.6 Å². The normalized spacial score (nSPS) is 14.9. The minimum atomic E-state index is -0.792. The molecule has 4 heterocycles. The number of nitrogens with one attached hydrogen (secondary N) is 2. The Morgan fingerprint density at radius 2 is 2.03 bits per heavy atom. The van der Waals surface area contributed by atoms with E-state index in [9.17, 15) is 14.4 Å². The van der Waals surface area contributed by atoms with Crippen molar-refractivity contribution in [3.05, 3.63) is 99.1 Å². The third-order valence-electron chi connectivity index (χ3n) is 6.03. The molecule has 38 heavy (non-hydrogen) atoms. The minimum Gasteiger partial charge on any atom is -0.495 e. The van der Waals surface area contributed by atoms with E-state index in [4.69, 9.17) is 16.3 Å². The maximum atomic E-state index is 13.6. The number of amides is 3. The second-order valence-corrected chi connectivity index (χ2v) is 9.80. The third kappa shape index (κ3) is 5.36. The molecule has 0 spiro atoms. The molecule has 1 unspecified atom stereocenters. The number of methoxy groups -OCH3 is 1. The van der Waals surface area contributed by atoms with Crippen LogP contribution in [0.4, 0.5) is 11.5 Å². The molecular weight excluding hydrogens is 526 g/mol. The second-order valence-electron chi connectivity index (χ2n) is 8.48. The highest BCUT2D eigenvalue weighted by Crippen LogP contribution is 2.31. The van der Waals surface area contributed by atoms with Crippen molar-refractivity contribution in [3.63, 3.8) is 0 Å². The van der Waals surface area contributed by atoms with E-state index < -0.39 is 11.9 Å². The predicted molar refractivity (Wildman–Crippen MR) is 145 cm³/mol. The zero-order valence-corrected chi connectivity index (χ0v) is 21.8. The maximum absolute atomic E-state index is 13.6. The van der Waals surface area contributed by atoms with Crippen molar-refractivity contribution < 1.29 is 19.1 Å². The quantitative estimate of drug-likeness (QED) is 0.348. The van der Waals surface area contributed by atoms with Crippen molar-refractivity contribution in [2.75, 3.05) is 17.7 Å². The highest BCUT2D eigenvalue weighted by atomic mass is 35.5. The van der Waals surface area contributed by atoms with Gasteiger partial charge in [0.25, 0.3) is 11.8 Å². The molecule has 9 nitrogen and oxygen atoms in total. The Morgan fingerprint density at radius 1 is 1.16 bits per heavy atom. The first-order valence-corrected chi connectivity index (χ1v) is 12.9. The zero-order chi connectivity index (χ0) is 26.6. The molecule has 0 bridgehead atoms. The van der Waals surface area contributed by atoms with Gasteiger partial charge < -0.3 is 20.3 Å². The van der Waals surface area contributed by atoms with Gasteiger partial charge in [-0.05, 0) is 53.4 Å². The number of nitrogens with zero attached hydrogens (tertiary/aromatic N) is 3. The fourth-order valence-corrected chi connectivity index (χ4v) is 5.19. The Morgan fingerprint density at radius 3 is 2.74 bits per heavy atom. The van der Waals surface area contributed by atoms with E-state index in [-0.39, 0.29) is 35.4 Å². The number of hydrogen-bond donors (Lipinski definition) is 2. The van der Waals surface area contributed by atoms with E-state index in [0.29, 0.717) is 33.4 Å². The first-order chi connectivity index (χ1) is 18.4. The smallest absolute Gasteiger partial charge is 0.267 e. The SMILES string of the molecule is COc1ccc(NC(=O)c2ccc(CN3C(=O)c4sccc4NC(=O)C3Cc3ccccn3)cc2Cl)nc1. The summed E-state index contributed by atoms with van der Waals surface area (Å²) in [6.07, 6.45) is 3.39. The van der Waals surface area contributed by atoms with Crippen LogP contribution in [-0.4, -0.2) is 45.7 Å². The number of pyridine rings is 2. The molecule has 0 aliphatic carbocycles. The van der Waals surface area contributed by atoms with Gasteiger partial charge in [0.2, 0.25) is 5.91 Å². The maximum Gasteiger partial charge on any atom is 0.267 e. The van der Waals surface area contributed by atoms with Crippen LogP contribution < -0.4 is 15.4 Å². The molecule has 5 rings (SSSR count). The van der Waals surface area contributed by atoms with Gasteiger partial charge in [-0.25, -0.2) is 4.98 Å².